The van der Waals surface area contributed by atoms with E-state index in [1.165, 1.54) is 17.7 Å². The third kappa shape index (κ3) is 2.16. The Morgan fingerprint density at radius 2 is 2.10 bits per heavy atom. The second-order valence-corrected chi connectivity index (χ2v) is 7.63. The van der Waals surface area contributed by atoms with Gasteiger partial charge in [-0.3, -0.25) is 4.21 Å². The first-order chi connectivity index (χ1) is 9.36. The first kappa shape index (κ1) is 13.4. The molecule has 0 aromatic carbocycles. The Bertz CT molecular complexity index is 762. The average molecular weight is 310 g/mol. The van der Waals surface area contributed by atoms with Crippen molar-refractivity contribution in [1.29, 1.82) is 0 Å². The lowest BCUT2D eigenvalue weighted by Gasteiger charge is -2.13. The third-order valence-corrected chi connectivity index (χ3v) is 4.50. The first-order valence-electron chi connectivity index (χ1n) is 5.97. The van der Waals surface area contributed by atoms with Crippen LogP contribution >= 0.6 is 11.3 Å². The minimum Gasteiger partial charge on any atom is -0.251 e. The molecule has 106 valence electrons. The molecule has 1 atom stereocenters. The summed E-state index contributed by atoms with van der Waals surface area (Å²) in [6.07, 6.45) is 5.00. The second-order valence-electron chi connectivity index (χ2n) is 5.43. The standard InChI is InChI=1S/C11H14N6OS2/c1-11(2,3)7-5-17-8(13-7)19-9(15-17)16-6-12-14-10(16)20(4)18/h5-6H,1-4H3. The Hall–Kier alpha value is -1.61. The lowest BCUT2D eigenvalue weighted by Crippen LogP contribution is -2.11. The molecule has 20 heavy (non-hydrogen) atoms. The van der Waals surface area contributed by atoms with Crippen molar-refractivity contribution >= 4 is 27.1 Å². The largest absolute Gasteiger partial charge is 0.251 e. The van der Waals surface area contributed by atoms with Gasteiger partial charge >= 0.3 is 0 Å². The predicted molar refractivity (Wildman–Crippen MR) is 76.8 cm³/mol. The normalized spacial score (nSPS) is 14.0. The van der Waals surface area contributed by atoms with E-state index in [9.17, 15) is 4.21 Å². The van der Waals surface area contributed by atoms with E-state index < -0.39 is 10.8 Å². The number of imidazole rings is 1. The van der Waals surface area contributed by atoms with Gasteiger partial charge in [0.05, 0.1) is 22.7 Å². The second kappa shape index (κ2) is 4.45. The van der Waals surface area contributed by atoms with Crippen molar-refractivity contribution in [2.24, 2.45) is 0 Å². The van der Waals surface area contributed by atoms with Crippen molar-refractivity contribution in [3.8, 4) is 5.13 Å². The van der Waals surface area contributed by atoms with Gasteiger partial charge in [-0.25, -0.2) is 14.1 Å². The van der Waals surface area contributed by atoms with E-state index in [1.54, 1.807) is 15.3 Å². The molecule has 0 N–H and O–H groups in total. The van der Waals surface area contributed by atoms with E-state index in [-0.39, 0.29) is 5.41 Å². The molecule has 0 saturated heterocycles. The molecule has 0 saturated carbocycles. The molecular weight excluding hydrogens is 296 g/mol. The Morgan fingerprint density at radius 3 is 2.70 bits per heavy atom. The van der Waals surface area contributed by atoms with Crippen LogP contribution in [0.4, 0.5) is 0 Å². The lowest BCUT2D eigenvalue weighted by atomic mass is 9.93. The van der Waals surface area contributed by atoms with Gasteiger partial charge in [-0.05, 0) is 0 Å². The number of hydrogen-bond donors (Lipinski definition) is 0. The van der Waals surface area contributed by atoms with Crippen LogP contribution in [0.5, 0.6) is 0 Å². The maximum Gasteiger partial charge on any atom is 0.227 e. The Morgan fingerprint density at radius 1 is 1.35 bits per heavy atom. The summed E-state index contributed by atoms with van der Waals surface area (Å²) in [5.74, 6) is 0. The zero-order chi connectivity index (χ0) is 14.5. The molecule has 0 aliphatic carbocycles. The van der Waals surface area contributed by atoms with E-state index >= 15 is 0 Å². The summed E-state index contributed by atoms with van der Waals surface area (Å²) in [6, 6.07) is 0. The molecule has 0 fully saturated rings. The number of hydrogen-bond acceptors (Lipinski definition) is 6. The molecule has 0 amide bonds. The van der Waals surface area contributed by atoms with Crippen molar-refractivity contribution in [3.63, 3.8) is 0 Å². The number of aromatic nitrogens is 6. The molecule has 0 spiro atoms. The van der Waals surface area contributed by atoms with Crippen LogP contribution in [0.3, 0.4) is 0 Å². The summed E-state index contributed by atoms with van der Waals surface area (Å²) in [6.45, 7) is 6.33. The minimum atomic E-state index is -1.21. The van der Waals surface area contributed by atoms with Crippen LogP contribution in [0.15, 0.2) is 17.7 Å². The lowest BCUT2D eigenvalue weighted by molar-refractivity contribution is 0.572. The summed E-state index contributed by atoms with van der Waals surface area (Å²) < 4.78 is 15.0. The van der Waals surface area contributed by atoms with Crippen LogP contribution in [-0.2, 0) is 16.2 Å². The Kier molecular flexibility index (Phi) is 2.98. The van der Waals surface area contributed by atoms with Gasteiger partial charge in [-0.2, -0.15) is 0 Å². The molecule has 3 heterocycles. The van der Waals surface area contributed by atoms with Gasteiger partial charge in [0.2, 0.25) is 15.2 Å². The fraction of sp³-hybridized carbons (Fsp3) is 0.455. The molecule has 0 aliphatic rings. The fourth-order valence-electron chi connectivity index (χ4n) is 1.70. The van der Waals surface area contributed by atoms with Crippen molar-refractivity contribution in [1.82, 2.24) is 29.4 Å². The molecule has 3 aromatic heterocycles. The predicted octanol–water partition coefficient (Wildman–Crippen LogP) is 1.41. The summed E-state index contributed by atoms with van der Waals surface area (Å²) in [7, 11) is -1.21. The number of nitrogens with zero attached hydrogens (tertiary/aromatic N) is 6. The zero-order valence-electron chi connectivity index (χ0n) is 11.6. The van der Waals surface area contributed by atoms with Gasteiger partial charge in [0.1, 0.15) is 6.33 Å². The van der Waals surface area contributed by atoms with Gasteiger partial charge in [-0.1, -0.05) is 32.1 Å². The molecule has 0 aliphatic heterocycles. The van der Waals surface area contributed by atoms with E-state index in [1.807, 2.05) is 6.20 Å². The number of fused-ring (bicyclic) bond motifs is 1. The average Bonchev–Trinajstić information content (AvgIpc) is 3.00. The van der Waals surface area contributed by atoms with Gasteiger partial charge in [-0.15, -0.1) is 15.3 Å². The van der Waals surface area contributed by atoms with Crippen molar-refractivity contribution in [3.05, 3.63) is 18.2 Å². The summed E-state index contributed by atoms with van der Waals surface area (Å²) in [5.41, 5.74) is 0.978. The molecule has 0 bridgehead atoms. The maximum absolute atomic E-state index is 11.6. The molecule has 7 nitrogen and oxygen atoms in total. The molecular formula is C11H14N6OS2. The summed E-state index contributed by atoms with van der Waals surface area (Å²) in [4.78, 5) is 5.38. The topological polar surface area (TPSA) is 78.0 Å². The monoisotopic (exact) mass is 310 g/mol. The quantitative estimate of drug-likeness (QED) is 0.715. The van der Waals surface area contributed by atoms with Gasteiger partial charge in [0, 0.05) is 11.7 Å². The van der Waals surface area contributed by atoms with Crippen LogP contribution in [0.1, 0.15) is 26.5 Å². The van der Waals surface area contributed by atoms with Crippen LogP contribution in [-0.4, -0.2) is 39.8 Å². The summed E-state index contributed by atoms with van der Waals surface area (Å²) in [5, 5.41) is 13.1. The van der Waals surface area contributed by atoms with E-state index in [0.29, 0.717) is 10.3 Å². The smallest absolute Gasteiger partial charge is 0.227 e. The third-order valence-electron chi connectivity index (χ3n) is 2.78. The van der Waals surface area contributed by atoms with Gasteiger partial charge in [0.25, 0.3) is 0 Å². The molecule has 0 radical (unpaired) electrons. The molecule has 3 rings (SSSR count). The van der Waals surface area contributed by atoms with E-state index in [2.05, 4.69) is 41.1 Å². The van der Waals surface area contributed by atoms with Crippen molar-refractivity contribution in [2.75, 3.05) is 6.26 Å². The van der Waals surface area contributed by atoms with E-state index in [0.717, 1.165) is 10.7 Å². The highest BCUT2D eigenvalue weighted by Gasteiger charge is 2.20. The maximum atomic E-state index is 11.6. The molecule has 9 heteroatoms. The molecule has 1 unspecified atom stereocenters. The first-order valence-corrected chi connectivity index (χ1v) is 8.34. The Labute approximate surface area is 122 Å². The highest BCUT2D eigenvalue weighted by Crippen LogP contribution is 2.25. The zero-order valence-corrected chi connectivity index (χ0v) is 13.2. The van der Waals surface area contributed by atoms with Crippen LogP contribution in [0.2, 0.25) is 0 Å². The van der Waals surface area contributed by atoms with Crippen molar-refractivity contribution in [2.45, 2.75) is 31.3 Å². The van der Waals surface area contributed by atoms with Gasteiger partial charge < -0.3 is 0 Å². The van der Waals surface area contributed by atoms with E-state index in [4.69, 9.17) is 0 Å². The number of rotatable bonds is 2. The van der Waals surface area contributed by atoms with Gasteiger partial charge in [0.15, 0.2) is 0 Å². The van der Waals surface area contributed by atoms with Crippen LogP contribution < -0.4 is 0 Å². The summed E-state index contributed by atoms with van der Waals surface area (Å²) >= 11 is 1.41. The van der Waals surface area contributed by atoms with Crippen LogP contribution in [0, 0.1) is 0 Å². The SMILES string of the molecule is CS(=O)c1nncn1-c1nn2cc(C(C)(C)C)nc2s1. The van der Waals surface area contributed by atoms with Crippen LogP contribution in [0.25, 0.3) is 10.1 Å². The molecule has 3 aromatic rings. The highest BCUT2D eigenvalue weighted by atomic mass is 32.2. The minimum absolute atomic E-state index is 0.0137. The Balaban J connectivity index is 2.08. The highest BCUT2D eigenvalue weighted by molar-refractivity contribution is 7.84. The fourth-order valence-corrected chi connectivity index (χ4v) is 3.19. The van der Waals surface area contributed by atoms with Crippen molar-refractivity contribution < 1.29 is 4.21 Å².